The molecule has 3 rings (SSSR count). The Bertz CT molecular complexity index is 899. The average Bonchev–Trinajstić information content (AvgIpc) is 3.04. The molecule has 8 nitrogen and oxygen atoms in total. The van der Waals surface area contributed by atoms with Gasteiger partial charge in [0.2, 0.25) is 5.91 Å². The highest BCUT2D eigenvalue weighted by atomic mass is 16.2. The van der Waals surface area contributed by atoms with Gasteiger partial charge in [0.1, 0.15) is 5.82 Å². The van der Waals surface area contributed by atoms with Gasteiger partial charge in [-0.3, -0.25) is 19.2 Å². The van der Waals surface area contributed by atoms with Crippen LogP contribution in [0.25, 0.3) is 0 Å². The van der Waals surface area contributed by atoms with Crippen LogP contribution in [-0.4, -0.2) is 43.6 Å². The monoisotopic (exact) mass is 386 g/mol. The minimum absolute atomic E-state index is 0.0217. The molecule has 0 aromatic carbocycles. The van der Waals surface area contributed by atoms with Gasteiger partial charge in [0.15, 0.2) is 0 Å². The van der Waals surface area contributed by atoms with E-state index in [1.54, 1.807) is 6.92 Å². The van der Waals surface area contributed by atoms with Gasteiger partial charge >= 0.3 is 0 Å². The van der Waals surface area contributed by atoms with E-state index >= 15 is 0 Å². The molecule has 3 heterocycles. The van der Waals surface area contributed by atoms with Gasteiger partial charge in [0.05, 0.1) is 30.9 Å². The maximum Gasteiger partial charge on any atom is 0.254 e. The van der Waals surface area contributed by atoms with Crippen molar-refractivity contribution in [1.82, 2.24) is 30.0 Å². The molecular weight excluding hydrogens is 356 g/mol. The number of aromatic amines is 1. The van der Waals surface area contributed by atoms with Crippen LogP contribution < -0.4 is 10.9 Å². The standard InChI is InChI=1S/C20H30N6O2/c1-5-18-22-14(4)17(20(28)23-18)9-19(27)21-10-15-8-16-12-25(11-13(2)3)6-7-26(16)24-15/h8,13H,5-7,9-12H2,1-4H3,(H,21,27)(H,22,23,28). The topological polar surface area (TPSA) is 95.9 Å². The molecule has 0 unspecified atom stereocenters. The summed E-state index contributed by atoms with van der Waals surface area (Å²) < 4.78 is 2.03. The number of aryl methyl sites for hydroxylation is 2. The zero-order valence-corrected chi connectivity index (χ0v) is 17.2. The fraction of sp³-hybridized carbons (Fsp3) is 0.600. The third-order valence-corrected chi connectivity index (χ3v) is 4.96. The van der Waals surface area contributed by atoms with Gasteiger partial charge in [0, 0.05) is 37.3 Å². The third-order valence-electron chi connectivity index (χ3n) is 4.96. The van der Waals surface area contributed by atoms with E-state index in [9.17, 15) is 9.59 Å². The van der Waals surface area contributed by atoms with Gasteiger partial charge in [0.25, 0.3) is 5.56 Å². The summed E-state index contributed by atoms with van der Waals surface area (Å²) in [6, 6.07) is 2.06. The zero-order valence-electron chi connectivity index (χ0n) is 17.2. The molecule has 152 valence electrons. The second-order valence-electron chi connectivity index (χ2n) is 7.86. The molecule has 0 spiro atoms. The summed E-state index contributed by atoms with van der Waals surface area (Å²) in [4.78, 5) is 34.0. The molecule has 0 saturated heterocycles. The van der Waals surface area contributed by atoms with Crippen molar-refractivity contribution in [3.8, 4) is 0 Å². The molecule has 0 bridgehead atoms. The molecular formula is C20H30N6O2. The van der Waals surface area contributed by atoms with Crippen LogP contribution in [0.15, 0.2) is 10.9 Å². The number of carbonyl (C=O) groups is 1. The van der Waals surface area contributed by atoms with E-state index in [0.29, 0.717) is 36.0 Å². The third kappa shape index (κ3) is 4.86. The Morgan fingerprint density at radius 2 is 2.14 bits per heavy atom. The Balaban J connectivity index is 1.58. The van der Waals surface area contributed by atoms with Crippen LogP contribution >= 0.6 is 0 Å². The van der Waals surface area contributed by atoms with E-state index in [1.807, 2.05) is 11.6 Å². The second kappa shape index (κ2) is 8.68. The van der Waals surface area contributed by atoms with Crippen LogP contribution in [0.4, 0.5) is 0 Å². The smallest absolute Gasteiger partial charge is 0.254 e. The van der Waals surface area contributed by atoms with Crippen molar-refractivity contribution >= 4 is 5.91 Å². The van der Waals surface area contributed by atoms with Crippen LogP contribution in [0, 0.1) is 12.8 Å². The summed E-state index contributed by atoms with van der Waals surface area (Å²) in [5.74, 6) is 1.08. The first kappa shape index (κ1) is 20.3. The minimum Gasteiger partial charge on any atom is -0.350 e. The maximum absolute atomic E-state index is 12.3. The summed E-state index contributed by atoms with van der Waals surface area (Å²) in [5.41, 5.74) is 2.83. The molecule has 2 N–H and O–H groups in total. The van der Waals surface area contributed by atoms with Crippen LogP contribution in [0.1, 0.15) is 49.2 Å². The van der Waals surface area contributed by atoms with Crippen LogP contribution in [0.5, 0.6) is 0 Å². The highest BCUT2D eigenvalue weighted by Gasteiger charge is 2.19. The Kier molecular flexibility index (Phi) is 6.28. The first-order chi connectivity index (χ1) is 13.4. The number of fused-ring (bicyclic) bond motifs is 1. The molecule has 0 aliphatic carbocycles. The first-order valence-electron chi connectivity index (χ1n) is 9.99. The van der Waals surface area contributed by atoms with Crippen LogP contribution in [0.3, 0.4) is 0 Å². The molecule has 0 atom stereocenters. The van der Waals surface area contributed by atoms with Gasteiger partial charge in [-0.15, -0.1) is 0 Å². The van der Waals surface area contributed by atoms with Crippen molar-refractivity contribution in [1.29, 1.82) is 0 Å². The predicted octanol–water partition coefficient (Wildman–Crippen LogP) is 1.17. The van der Waals surface area contributed by atoms with Crippen molar-refractivity contribution in [3.05, 3.63) is 44.9 Å². The summed E-state index contributed by atoms with van der Waals surface area (Å²) in [5, 5.41) is 7.47. The van der Waals surface area contributed by atoms with Crippen LogP contribution in [0.2, 0.25) is 0 Å². The number of nitrogens with zero attached hydrogens (tertiary/aromatic N) is 4. The fourth-order valence-corrected chi connectivity index (χ4v) is 3.60. The highest BCUT2D eigenvalue weighted by Crippen LogP contribution is 2.15. The van der Waals surface area contributed by atoms with Gasteiger partial charge in [-0.2, -0.15) is 5.10 Å². The average molecular weight is 387 g/mol. The van der Waals surface area contributed by atoms with E-state index in [-0.39, 0.29) is 17.9 Å². The summed E-state index contributed by atoms with van der Waals surface area (Å²) in [7, 11) is 0. The maximum atomic E-state index is 12.3. The molecule has 1 amide bonds. The van der Waals surface area contributed by atoms with Crippen molar-refractivity contribution in [2.45, 2.75) is 60.2 Å². The molecule has 2 aromatic rings. The molecule has 0 radical (unpaired) electrons. The SMILES string of the molecule is CCc1nc(C)c(CC(=O)NCc2cc3n(n2)CCN(CC(C)C)C3)c(=O)[nH]1. The lowest BCUT2D eigenvalue weighted by molar-refractivity contribution is -0.120. The summed E-state index contributed by atoms with van der Waals surface area (Å²) >= 11 is 0. The lowest BCUT2D eigenvalue weighted by Gasteiger charge is -2.28. The molecule has 0 fully saturated rings. The number of nitrogens with one attached hydrogen (secondary N) is 2. The van der Waals surface area contributed by atoms with Gasteiger partial charge in [-0.25, -0.2) is 4.98 Å². The van der Waals surface area contributed by atoms with Gasteiger partial charge < -0.3 is 10.3 Å². The second-order valence-corrected chi connectivity index (χ2v) is 7.86. The van der Waals surface area contributed by atoms with E-state index < -0.39 is 0 Å². The summed E-state index contributed by atoms with van der Waals surface area (Å²) in [6.07, 6.45) is 0.677. The number of hydrogen-bond acceptors (Lipinski definition) is 5. The summed E-state index contributed by atoms with van der Waals surface area (Å²) in [6.45, 7) is 12.4. The number of amides is 1. The lowest BCUT2D eigenvalue weighted by Crippen LogP contribution is -2.36. The van der Waals surface area contributed by atoms with Gasteiger partial charge in [-0.1, -0.05) is 20.8 Å². The van der Waals surface area contributed by atoms with E-state index in [1.165, 1.54) is 5.69 Å². The fourth-order valence-electron chi connectivity index (χ4n) is 3.60. The Labute approximate surface area is 165 Å². The molecule has 28 heavy (non-hydrogen) atoms. The zero-order chi connectivity index (χ0) is 20.3. The van der Waals surface area contributed by atoms with E-state index in [2.05, 4.69) is 45.2 Å². The Morgan fingerprint density at radius 3 is 2.82 bits per heavy atom. The molecule has 0 saturated carbocycles. The lowest BCUT2D eigenvalue weighted by atomic mass is 10.1. The number of aromatic nitrogens is 4. The van der Waals surface area contributed by atoms with Crippen molar-refractivity contribution < 1.29 is 4.79 Å². The van der Waals surface area contributed by atoms with E-state index in [0.717, 1.165) is 31.9 Å². The highest BCUT2D eigenvalue weighted by molar-refractivity contribution is 5.78. The minimum atomic E-state index is -0.234. The van der Waals surface area contributed by atoms with Crippen molar-refractivity contribution in [2.24, 2.45) is 5.92 Å². The normalized spacial score (nSPS) is 14.3. The Hall–Kier alpha value is -2.48. The van der Waals surface area contributed by atoms with Crippen molar-refractivity contribution in [3.63, 3.8) is 0 Å². The van der Waals surface area contributed by atoms with Gasteiger partial charge in [-0.05, 0) is 18.9 Å². The molecule has 1 aliphatic rings. The Morgan fingerprint density at radius 1 is 1.36 bits per heavy atom. The largest absolute Gasteiger partial charge is 0.350 e. The molecule has 2 aromatic heterocycles. The molecule has 1 aliphatic heterocycles. The first-order valence-corrected chi connectivity index (χ1v) is 9.99. The van der Waals surface area contributed by atoms with E-state index in [4.69, 9.17) is 0 Å². The predicted molar refractivity (Wildman–Crippen MR) is 107 cm³/mol. The number of carbonyl (C=O) groups excluding carboxylic acids is 1. The quantitative estimate of drug-likeness (QED) is 0.745. The van der Waals surface area contributed by atoms with Crippen molar-refractivity contribution in [2.75, 3.05) is 13.1 Å². The van der Waals surface area contributed by atoms with Crippen LogP contribution in [-0.2, 0) is 37.3 Å². The number of hydrogen-bond donors (Lipinski definition) is 2. The number of rotatable bonds is 7. The molecule has 8 heteroatoms. The number of H-pyrrole nitrogens is 1.